The number of hydrogen-bond donors (Lipinski definition) is 1. The van der Waals surface area contributed by atoms with Crippen molar-refractivity contribution in [3.63, 3.8) is 0 Å². The van der Waals surface area contributed by atoms with Crippen LogP contribution in [0.5, 0.6) is 11.5 Å². The summed E-state index contributed by atoms with van der Waals surface area (Å²) in [5.41, 5.74) is 1.59. The van der Waals surface area contributed by atoms with Crippen LogP contribution in [0.2, 0.25) is 0 Å². The fourth-order valence-electron chi connectivity index (χ4n) is 4.10. The molecule has 142 valence electrons. The molecular weight excluding hydrogens is 340 g/mol. The molecule has 0 unspecified atom stereocenters. The average Bonchev–Trinajstić information content (AvgIpc) is 2.94. The summed E-state index contributed by atoms with van der Waals surface area (Å²) < 4.78 is 10.5. The van der Waals surface area contributed by atoms with E-state index < -0.39 is 11.5 Å². The van der Waals surface area contributed by atoms with Crippen LogP contribution in [0.3, 0.4) is 0 Å². The van der Waals surface area contributed by atoms with Crippen LogP contribution in [0.1, 0.15) is 37.8 Å². The van der Waals surface area contributed by atoms with Gasteiger partial charge in [-0.3, -0.25) is 4.79 Å². The minimum absolute atomic E-state index is 0.0316. The van der Waals surface area contributed by atoms with Crippen molar-refractivity contribution in [3.05, 3.63) is 65.2 Å². The van der Waals surface area contributed by atoms with Gasteiger partial charge in [0.1, 0.15) is 17.1 Å². The van der Waals surface area contributed by atoms with E-state index >= 15 is 0 Å². The molecule has 1 aliphatic rings. The minimum atomic E-state index is -1.36. The lowest BCUT2D eigenvalue weighted by atomic mass is 9.76. The molecule has 0 amide bonds. The van der Waals surface area contributed by atoms with E-state index in [0.717, 1.165) is 11.3 Å². The Morgan fingerprint density at radius 3 is 1.89 bits per heavy atom. The highest BCUT2D eigenvalue weighted by Crippen LogP contribution is 2.52. The third-order valence-corrected chi connectivity index (χ3v) is 5.47. The third-order valence-electron chi connectivity index (χ3n) is 5.47. The highest BCUT2D eigenvalue weighted by atomic mass is 16.5. The van der Waals surface area contributed by atoms with Crippen LogP contribution in [0.25, 0.3) is 5.57 Å². The van der Waals surface area contributed by atoms with Gasteiger partial charge in [-0.15, -0.1) is 0 Å². The van der Waals surface area contributed by atoms with Gasteiger partial charge >= 0.3 is 0 Å². The molecule has 0 aliphatic heterocycles. The maximum absolute atomic E-state index is 13.1. The molecule has 0 bridgehead atoms. The van der Waals surface area contributed by atoms with Gasteiger partial charge in [0, 0.05) is 11.1 Å². The zero-order valence-electron chi connectivity index (χ0n) is 16.3. The molecule has 2 atom stereocenters. The molecule has 2 aromatic rings. The molecule has 4 heteroatoms. The molecule has 0 spiro atoms. The zero-order chi connectivity index (χ0) is 19.6. The molecule has 0 saturated heterocycles. The van der Waals surface area contributed by atoms with Gasteiger partial charge in [-0.05, 0) is 48.2 Å². The molecule has 2 aromatic carbocycles. The number of carbonyl (C=O) groups is 1. The Morgan fingerprint density at radius 2 is 1.44 bits per heavy atom. The number of methoxy groups -OCH3 is 2. The van der Waals surface area contributed by atoms with Crippen LogP contribution in [0.4, 0.5) is 0 Å². The lowest BCUT2D eigenvalue weighted by molar-refractivity contribution is -0.123. The predicted octanol–water partition coefficient (Wildman–Crippen LogP) is 4.36. The van der Waals surface area contributed by atoms with E-state index in [-0.39, 0.29) is 5.78 Å². The summed E-state index contributed by atoms with van der Waals surface area (Å²) in [6.45, 7) is 3.91. The summed E-state index contributed by atoms with van der Waals surface area (Å²) in [6.07, 6.45) is 1.14. The maximum atomic E-state index is 13.1. The van der Waals surface area contributed by atoms with Crippen molar-refractivity contribution in [2.75, 3.05) is 14.2 Å². The molecular formula is C23H26O4. The fraction of sp³-hybridized carbons (Fsp3) is 0.348. The highest BCUT2D eigenvalue weighted by molar-refractivity contribution is 6.11. The van der Waals surface area contributed by atoms with Gasteiger partial charge in [-0.2, -0.15) is 0 Å². The topological polar surface area (TPSA) is 55.8 Å². The summed E-state index contributed by atoms with van der Waals surface area (Å²) in [5.74, 6) is 0.981. The Bertz CT molecular complexity index is 849. The molecule has 0 fully saturated rings. The molecule has 0 saturated carbocycles. The highest BCUT2D eigenvalue weighted by Gasteiger charge is 2.52. The van der Waals surface area contributed by atoms with Crippen molar-refractivity contribution in [1.82, 2.24) is 0 Å². The monoisotopic (exact) mass is 366 g/mol. The summed E-state index contributed by atoms with van der Waals surface area (Å²) >= 11 is 0. The second kappa shape index (κ2) is 7.57. The normalized spacial score (nSPS) is 22.3. The van der Waals surface area contributed by atoms with Crippen molar-refractivity contribution in [2.24, 2.45) is 5.92 Å². The van der Waals surface area contributed by atoms with Crippen LogP contribution in [-0.2, 0) is 10.4 Å². The predicted molar refractivity (Wildman–Crippen MR) is 106 cm³/mol. The van der Waals surface area contributed by atoms with Crippen LogP contribution >= 0.6 is 0 Å². The average molecular weight is 366 g/mol. The molecule has 1 N–H and O–H groups in total. The molecule has 4 nitrogen and oxygen atoms in total. The Hall–Kier alpha value is -2.59. The number of rotatable bonds is 6. The van der Waals surface area contributed by atoms with E-state index in [4.69, 9.17) is 9.47 Å². The van der Waals surface area contributed by atoms with Gasteiger partial charge in [-0.1, -0.05) is 38.1 Å². The lowest BCUT2D eigenvalue weighted by Gasteiger charge is -2.33. The number of allylic oxidation sites excluding steroid dienone is 1. The van der Waals surface area contributed by atoms with E-state index in [2.05, 4.69) is 0 Å². The Kier molecular flexibility index (Phi) is 5.38. The van der Waals surface area contributed by atoms with E-state index in [1.54, 1.807) is 14.2 Å². The molecule has 3 rings (SSSR count). The van der Waals surface area contributed by atoms with Gasteiger partial charge in [0.25, 0.3) is 0 Å². The number of ketones is 1. The first-order valence-corrected chi connectivity index (χ1v) is 9.30. The second-order valence-corrected chi connectivity index (χ2v) is 6.76. The van der Waals surface area contributed by atoms with Crippen LogP contribution in [0.15, 0.2) is 54.1 Å². The molecule has 0 radical (unpaired) electrons. The summed E-state index contributed by atoms with van der Waals surface area (Å²) in [7, 11) is 3.22. The van der Waals surface area contributed by atoms with Crippen molar-refractivity contribution in [1.29, 1.82) is 0 Å². The van der Waals surface area contributed by atoms with E-state index in [0.29, 0.717) is 35.3 Å². The number of Topliss-reactive ketones (excluding diaryl/α,β-unsaturated/α-hetero) is 1. The molecule has 1 aliphatic carbocycles. The summed E-state index contributed by atoms with van der Waals surface area (Å²) in [4.78, 5) is 13.1. The van der Waals surface area contributed by atoms with Crippen molar-refractivity contribution in [2.45, 2.75) is 32.3 Å². The first kappa shape index (κ1) is 19.2. The van der Waals surface area contributed by atoms with Crippen molar-refractivity contribution in [3.8, 4) is 11.5 Å². The van der Waals surface area contributed by atoms with Gasteiger partial charge in [0.2, 0.25) is 0 Å². The van der Waals surface area contributed by atoms with Crippen molar-refractivity contribution < 1.29 is 19.4 Å². The number of aliphatic hydroxyl groups is 1. The minimum Gasteiger partial charge on any atom is -0.497 e. The first-order chi connectivity index (χ1) is 13.0. The van der Waals surface area contributed by atoms with Crippen LogP contribution < -0.4 is 9.47 Å². The Morgan fingerprint density at radius 1 is 0.926 bits per heavy atom. The Balaban J connectivity index is 2.22. The lowest BCUT2D eigenvalue weighted by Crippen LogP contribution is -2.35. The van der Waals surface area contributed by atoms with Gasteiger partial charge in [-0.25, -0.2) is 0 Å². The molecule has 0 aromatic heterocycles. The molecule has 27 heavy (non-hydrogen) atoms. The number of hydrogen-bond acceptors (Lipinski definition) is 4. The number of ether oxygens (including phenoxy) is 2. The zero-order valence-corrected chi connectivity index (χ0v) is 16.3. The summed E-state index contributed by atoms with van der Waals surface area (Å²) in [5, 5.41) is 11.9. The number of benzene rings is 2. The first-order valence-electron chi connectivity index (χ1n) is 9.30. The van der Waals surface area contributed by atoms with Gasteiger partial charge in [0.05, 0.1) is 20.1 Å². The third kappa shape index (κ3) is 3.04. The second-order valence-electron chi connectivity index (χ2n) is 6.76. The van der Waals surface area contributed by atoms with E-state index in [1.807, 2.05) is 62.4 Å². The van der Waals surface area contributed by atoms with Crippen molar-refractivity contribution >= 4 is 11.4 Å². The summed E-state index contributed by atoms with van der Waals surface area (Å²) in [6, 6.07) is 14.9. The largest absolute Gasteiger partial charge is 0.497 e. The molecule has 0 heterocycles. The SMILES string of the molecule is CCC1=C(c2ccc(OC)cc2)[C@](O)(c2ccc(OC)cc2)[C@H](CC)C1=O. The smallest absolute Gasteiger partial charge is 0.165 e. The Labute approximate surface area is 160 Å². The van der Waals surface area contributed by atoms with Crippen LogP contribution in [-0.4, -0.2) is 25.1 Å². The van der Waals surface area contributed by atoms with E-state index in [1.165, 1.54) is 0 Å². The van der Waals surface area contributed by atoms with Gasteiger partial charge < -0.3 is 14.6 Å². The van der Waals surface area contributed by atoms with Crippen LogP contribution in [0, 0.1) is 5.92 Å². The quantitative estimate of drug-likeness (QED) is 0.825. The van der Waals surface area contributed by atoms with E-state index in [9.17, 15) is 9.90 Å². The number of carbonyl (C=O) groups excluding carboxylic acids is 1. The fourth-order valence-corrected chi connectivity index (χ4v) is 4.10. The standard InChI is InChI=1S/C23H26O4/c1-5-19-21(15-7-11-17(26-3)12-8-15)23(25,20(6-2)22(19)24)16-9-13-18(27-4)14-10-16/h7-14,20,25H,5-6H2,1-4H3/t20-,23+/m1/s1. The maximum Gasteiger partial charge on any atom is 0.165 e. The van der Waals surface area contributed by atoms with Gasteiger partial charge in [0.15, 0.2) is 5.78 Å².